The van der Waals surface area contributed by atoms with Gasteiger partial charge in [-0.3, -0.25) is 14.7 Å². The lowest BCUT2D eigenvalue weighted by Crippen LogP contribution is -2.43. The zero-order chi connectivity index (χ0) is 17.8. The minimum atomic E-state index is -0.0858. The summed E-state index contributed by atoms with van der Waals surface area (Å²) in [5, 5.41) is 2.93. The minimum Gasteiger partial charge on any atom is -0.321 e. The molecule has 0 atom stereocenters. The van der Waals surface area contributed by atoms with E-state index in [-0.39, 0.29) is 5.91 Å². The monoisotopic (exact) mass is 347 g/mol. The van der Waals surface area contributed by atoms with Crippen molar-refractivity contribution >= 4 is 17.7 Å². The zero-order valence-electron chi connectivity index (χ0n) is 15.0. The predicted molar refractivity (Wildman–Crippen MR) is 105 cm³/mol. The normalized spacial score (nSPS) is 18.2. The van der Waals surface area contributed by atoms with Gasteiger partial charge in [0, 0.05) is 30.9 Å². The van der Waals surface area contributed by atoms with Crippen LogP contribution in [0.2, 0.25) is 0 Å². The molecule has 1 aliphatic carbocycles. The molecule has 4 heteroatoms. The molecule has 1 saturated heterocycles. The van der Waals surface area contributed by atoms with Crippen LogP contribution >= 0.6 is 0 Å². The van der Waals surface area contributed by atoms with Crippen molar-refractivity contribution in [2.75, 3.05) is 18.4 Å². The van der Waals surface area contributed by atoms with Gasteiger partial charge in [-0.1, -0.05) is 36.3 Å². The molecule has 2 fully saturated rings. The summed E-state index contributed by atoms with van der Waals surface area (Å²) in [6, 6.07) is 12.3. The molecule has 1 N–H and O–H groups in total. The van der Waals surface area contributed by atoms with E-state index in [0.29, 0.717) is 11.3 Å². The van der Waals surface area contributed by atoms with Crippen LogP contribution in [0.4, 0.5) is 5.69 Å². The smallest absolute Gasteiger partial charge is 0.256 e. The number of likely N-dealkylation sites (tertiary alicyclic amines) is 1. The van der Waals surface area contributed by atoms with Gasteiger partial charge in [0.05, 0.1) is 11.9 Å². The molecule has 0 unspecified atom stereocenters. The van der Waals surface area contributed by atoms with Crippen molar-refractivity contribution < 1.29 is 4.79 Å². The van der Waals surface area contributed by atoms with Gasteiger partial charge in [0.25, 0.3) is 5.91 Å². The molecular formula is C22H25N3O. The topological polar surface area (TPSA) is 45.2 Å². The third kappa shape index (κ3) is 3.86. The number of benzene rings is 1. The maximum Gasteiger partial charge on any atom is 0.256 e. The van der Waals surface area contributed by atoms with E-state index >= 15 is 0 Å². The molecule has 1 aromatic carbocycles. The van der Waals surface area contributed by atoms with E-state index < -0.39 is 0 Å². The molecule has 1 aromatic heterocycles. The molecule has 1 aliphatic heterocycles. The highest BCUT2D eigenvalue weighted by Gasteiger charge is 2.26. The van der Waals surface area contributed by atoms with E-state index in [2.05, 4.69) is 21.3 Å². The fraction of sp³-hybridized carbons (Fsp3) is 0.364. The standard InChI is InChI=1S/C22H25N3O/c26-22(24-19-6-4-12-23-16-19)21-9-2-1-5-18(21)15-17-10-13-25(14-11-17)20-7-3-8-20/h1-2,4-6,9,12,15-16,20H,3,7-8,10-11,13-14H2,(H,24,26). The Hall–Kier alpha value is -2.46. The molecule has 0 bridgehead atoms. The van der Waals surface area contributed by atoms with Crippen LogP contribution in [0.15, 0.2) is 54.4 Å². The fourth-order valence-corrected chi connectivity index (χ4v) is 3.76. The summed E-state index contributed by atoms with van der Waals surface area (Å²) < 4.78 is 0. The Kier molecular flexibility index (Phi) is 5.12. The molecule has 26 heavy (non-hydrogen) atoms. The molecule has 2 aromatic rings. The van der Waals surface area contributed by atoms with E-state index in [0.717, 1.165) is 37.5 Å². The molecule has 2 heterocycles. The Morgan fingerprint density at radius 3 is 2.62 bits per heavy atom. The number of hydrogen-bond donors (Lipinski definition) is 1. The summed E-state index contributed by atoms with van der Waals surface area (Å²) in [5.74, 6) is -0.0858. The minimum absolute atomic E-state index is 0.0858. The van der Waals surface area contributed by atoms with Crippen molar-refractivity contribution in [2.45, 2.75) is 38.1 Å². The molecule has 134 valence electrons. The van der Waals surface area contributed by atoms with Gasteiger partial charge in [-0.05, 0) is 49.4 Å². The third-order valence-corrected chi connectivity index (χ3v) is 5.52. The van der Waals surface area contributed by atoms with Gasteiger partial charge in [0.15, 0.2) is 0 Å². The number of carbonyl (C=O) groups is 1. The van der Waals surface area contributed by atoms with Crippen LogP contribution in [0.25, 0.3) is 6.08 Å². The van der Waals surface area contributed by atoms with Crippen molar-refractivity contribution in [2.24, 2.45) is 0 Å². The first-order valence-electron chi connectivity index (χ1n) is 9.53. The largest absolute Gasteiger partial charge is 0.321 e. The number of rotatable bonds is 4. The third-order valence-electron chi connectivity index (χ3n) is 5.52. The number of nitrogens with one attached hydrogen (secondary N) is 1. The first-order chi connectivity index (χ1) is 12.8. The molecule has 0 spiro atoms. The second kappa shape index (κ2) is 7.83. The maximum absolute atomic E-state index is 12.7. The van der Waals surface area contributed by atoms with E-state index in [1.807, 2.05) is 36.4 Å². The average molecular weight is 347 g/mol. The number of nitrogens with zero attached hydrogens (tertiary/aromatic N) is 2. The van der Waals surface area contributed by atoms with Gasteiger partial charge in [-0.15, -0.1) is 0 Å². The van der Waals surface area contributed by atoms with Gasteiger partial charge in [0.2, 0.25) is 0 Å². The average Bonchev–Trinajstić information content (AvgIpc) is 2.63. The summed E-state index contributed by atoms with van der Waals surface area (Å²) in [4.78, 5) is 19.4. The number of anilines is 1. The lowest BCUT2D eigenvalue weighted by atomic mass is 9.89. The van der Waals surface area contributed by atoms with Gasteiger partial charge in [-0.25, -0.2) is 0 Å². The number of carbonyl (C=O) groups excluding carboxylic acids is 1. The Balaban J connectivity index is 1.46. The highest BCUT2D eigenvalue weighted by molar-refractivity contribution is 6.06. The number of amides is 1. The molecule has 4 nitrogen and oxygen atoms in total. The summed E-state index contributed by atoms with van der Waals surface area (Å²) in [6.45, 7) is 2.31. The van der Waals surface area contributed by atoms with Crippen molar-refractivity contribution in [3.05, 3.63) is 65.5 Å². The quantitative estimate of drug-likeness (QED) is 0.893. The molecule has 2 aliphatic rings. The predicted octanol–water partition coefficient (Wildman–Crippen LogP) is 4.37. The van der Waals surface area contributed by atoms with Crippen LogP contribution in [0.1, 0.15) is 48.0 Å². The Bertz CT molecular complexity index is 786. The van der Waals surface area contributed by atoms with Crippen molar-refractivity contribution in [3.63, 3.8) is 0 Å². The van der Waals surface area contributed by atoms with Gasteiger partial charge >= 0.3 is 0 Å². The highest BCUT2D eigenvalue weighted by atomic mass is 16.1. The van der Waals surface area contributed by atoms with Gasteiger partial charge in [0.1, 0.15) is 0 Å². The summed E-state index contributed by atoms with van der Waals surface area (Å²) in [6.07, 6.45) is 11.9. The SMILES string of the molecule is O=C(Nc1cccnc1)c1ccccc1C=C1CCN(C2CCC2)CC1. The van der Waals surface area contributed by atoms with Crippen LogP contribution in [-0.4, -0.2) is 34.9 Å². The number of aromatic nitrogens is 1. The van der Waals surface area contributed by atoms with Crippen LogP contribution in [-0.2, 0) is 0 Å². The van der Waals surface area contributed by atoms with Crippen LogP contribution in [0.3, 0.4) is 0 Å². The molecule has 1 amide bonds. The maximum atomic E-state index is 12.7. The highest BCUT2D eigenvalue weighted by Crippen LogP contribution is 2.29. The number of piperidine rings is 1. The van der Waals surface area contributed by atoms with Gasteiger partial charge < -0.3 is 5.32 Å². The Morgan fingerprint density at radius 2 is 1.92 bits per heavy atom. The number of hydrogen-bond acceptors (Lipinski definition) is 3. The summed E-state index contributed by atoms with van der Waals surface area (Å²) in [7, 11) is 0. The van der Waals surface area contributed by atoms with E-state index in [1.165, 1.54) is 24.8 Å². The van der Waals surface area contributed by atoms with Crippen molar-refractivity contribution in [1.29, 1.82) is 0 Å². The Morgan fingerprint density at radius 1 is 1.12 bits per heavy atom. The van der Waals surface area contributed by atoms with Gasteiger partial charge in [-0.2, -0.15) is 0 Å². The molecule has 0 radical (unpaired) electrons. The van der Waals surface area contributed by atoms with E-state index in [9.17, 15) is 4.79 Å². The lowest BCUT2D eigenvalue weighted by Gasteiger charge is -2.40. The second-order valence-corrected chi connectivity index (χ2v) is 7.21. The van der Waals surface area contributed by atoms with Crippen LogP contribution in [0, 0.1) is 0 Å². The second-order valence-electron chi connectivity index (χ2n) is 7.21. The number of pyridine rings is 1. The summed E-state index contributed by atoms with van der Waals surface area (Å²) >= 11 is 0. The summed E-state index contributed by atoms with van der Waals surface area (Å²) in [5.41, 5.74) is 3.88. The van der Waals surface area contributed by atoms with Crippen LogP contribution in [0.5, 0.6) is 0 Å². The van der Waals surface area contributed by atoms with E-state index in [4.69, 9.17) is 0 Å². The molecule has 1 saturated carbocycles. The van der Waals surface area contributed by atoms with Crippen molar-refractivity contribution in [1.82, 2.24) is 9.88 Å². The zero-order valence-corrected chi connectivity index (χ0v) is 15.0. The van der Waals surface area contributed by atoms with E-state index in [1.54, 1.807) is 12.4 Å². The lowest BCUT2D eigenvalue weighted by molar-refractivity contribution is 0.102. The first kappa shape index (κ1) is 17.0. The van der Waals surface area contributed by atoms with Crippen molar-refractivity contribution in [3.8, 4) is 0 Å². The molecular weight excluding hydrogens is 322 g/mol. The Labute approximate surface area is 154 Å². The first-order valence-corrected chi connectivity index (χ1v) is 9.53. The van der Waals surface area contributed by atoms with Crippen LogP contribution < -0.4 is 5.32 Å². The molecule has 4 rings (SSSR count). The fourth-order valence-electron chi connectivity index (χ4n) is 3.76.